The van der Waals surface area contributed by atoms with Gasteiger partial charge in [0.05, 0.1) is 17.8 Å². The minimum absolute atomic E-state index is 0.0902. The predicted octanol–water partition coefficient (Wildman–Crippen LogP) is 5.97. The predicted molar refractivity (Wildman–Crippen MR) is 122 cm³/mol. The van der Waals surface area contributed by atoms with Crippen molar-refractivity contribution in [3.63, 3.8) is 0 Å². The number of hydrogen-bond acceptors (Lipinski definition) is 4. The largest absolute Gasteiger partial charge is 0.455 e. The van der Waals surface area contributed by atoms with E-state index in [4.69, 9.17) is 27.6 Å². The van der Waals surface area contributed by atoms with E-state index in [1.54, 1.807) is 30.3 Å². The van der Waals surface area contributed by atoms with Crippen LogP contribution >= 0.6 is 23.2 Å². The molecule has 0 bridgehead atoms. The number of nitrogens with one attached hydrogen (secondary N) is 2. The van der Waals surface area contributed by atoms with Gasteiger partial charge in [-0.2, -0.15) is 5.10 Å². The molecule has 7 heteroatoms. The van der Waals surface area contributed by atoms with Crippen LogP contribution < -0.4 is 10.7 Å². The second-order valence-corrected chi connectivity index (χ2v) is 7.34. The fourth-order valence-electron chi connectivity index (χ4n) is 3.02. The number of amides is 1. The molecule has 5 nitrogen and oxygen atoms in total. The van der Waals surface area contributed by atoms with Crippen LogP contribution in [0.25, 0.3) is 22.1 Å². The van der Waals surface area contributed by atoms with Gasteiger partial charge in [0.25, 0.3) is 5.91 Å². The molecule has 0 atom stereocenters. The summed E-state index contributed by atoms with van der Waals surface area (Å²) in [5.41, 5.74) is 4.06. The highest BCUT2D eigenvalue weighted by atomic mass is 35.5. The molecule has 1 aromatic heterocycles. The molecule has 0 saturated carbocycles. The maximum absolute atomic E-state index is 12.1. The van der Waals surface area contributed by atoms with Crippen molar-refractivity contribution in [3.05, 3.63) is 88.6 Å². The summed E-state index contributed by atoms with van der Waals surface area (Å²) in [4.78, 5) is 12.1. The molecule has 2 N–H and O–H groups in total. The molecule has 0 fully saturated rings. The Balaban J connectivity index is 1.35. The third-order valence-electron chi connectivity index (χ3n) is 4.43. The van der Waals surface area contributed by atoms with E-state index < -0.39 is 0 Å². The lowest BCUT2D eigenvalue weighted by Gasteiger charge is -2.08. The number of hydrogen-bond donors (Lipinski definition) is 2. The molecular formula is C23H17Cl2N3O2. The first-order valence-electron chi connectivity index (χ1n) is 9.19. The van der Waals surface area contributed by atoms with Crippen LogP contribution in [-0.4, -0.2) is 18.7 Å². The number of rotatable bonds is 6. The lowest BCUT2D eigenvalue weighted by atomic mass is 10.1. The number of nitrogens with zero attached hydrogens (tertiary/aromatic N) is 1. The molecule has 3 aromatic carbocycles. The molecule has 0 aliphatic carbocycles. The summed E-state index contributed by atoms with van der Waals surface area (Å²) in [6.07, 6.45) is 1.43. The van der Waals surface area contributed by atoms with E-state index in [2.05, 4.69) is 15.8 Å². The molecule has 4 aromatic rings. The zero-order valence-corrected chi connectivity index (χ0v) is 17.2. The minimum Gasteiger partial charge on any atom is -0.455 e. The SMILES string of the molecule is O=C(CNc1cccc2ccccc12)N/N=C/c1ccc(-c2cc(Cl)ccc2Cl)o1. The summed E-state index contributed by atoms with van der Waals surface area (Å²) in [6.45, 7) is 0.0902. The Bertz CT molecular complexity index is 1230. The number of carbonyl (C=O) groups is 1. The molecule has 0 radical (unpaired) electrons. The second-order valence-electron chi connectivity index (χ2n) is 6.50. The Morgan fingerprint density at radius 1 is 1.00 bits per heavy atom. The number of benzene rings is 3. The molecule has 0 spiro atoms. The van der Waals surface area contributed by atoms with Gasteiger partial charge in [0.2, 0.25) is 0 Å². The van der Waals surface area contributed by atoms with E-state index in [0.29, 0.717) is 27.1 Å². The van der Waals surface area contributed by atoms with Gasteiger partial charge in [0.15, 0.2) is 0 Å². The number of carbonyl (C=O) groups excluding carboxylic acids is 1. The van der Waals surface area contributed by atoms with Gasteiger partial charge in [-0.25, -0.2) is 5.43 Å². The smallest absolute Gasteiger partial charge is 0.259 e. The molecule has 1 heterocycles. The van der Waals surface area contributed by atoms with Crippen LogP contribution in [0, 0.1) is 0 Å². The summed E-state index contributed by atoms with van der Waals surface area (Å²) in [5, 5.41) is 10.3. The Morgan fingerprint density at radius 2 is 1.83 bits per heavy atom. The van der Waals surface area contributed by atoms with E-state index in [1.807, 2.05) is 42.5 Å². The topological polar surface area (TPSA) is 66.6 Å². The summed E-state index contributed by atoms with van der Waals surface area (Å²) >= 11 is 12.2. The first-order valence-corrected chi connectivity index (χ1v) is 9.94. The van der Waals surface area contributed by atoms with Gasteiger partial charge in [-0.3, -0.25) is 4.79 Å². The van der Waals surface area contributed by atoms with Crippen LogP contribution in [0.1, 0.15) is 5.76 Å². The molecule has 30 heavy (non-hydrogen) atoms. The van der Waals surface area contributed by atoms with E-state index in [1.165, 1.54) is 6.21 Å². The minimum atomic E-state index is -0.274. The number of anilines is 1. The molecule has 0 unspecified atom stereocenters. The fourth-order valence-corrected chi connectivity index (χ4v) is 3.40. The third kappa shape index (κ3) is 4.64. The molecule has 0 aliphatic heterocycles. The van der Waals surface area contributed by atoms with E-state index in [-0.39, 0.29) is 12.5 Å². The van der Waals surface area contributed by atoms with Crippen molar-refractivity contribution in [3.8, 4) is 11.3 Å². The van der Waals surface area contributed by atoms with E-state index in [9.17, 15) is 4.79 Å². The lowest BCUT2D eigenvalue weighted by molar-refractivity contribution is -0.119. The van der Waals surface area contributed by atoms with Gasteiger partial charge in [-0.05, 0) is 41.8 Å². The van der Waals surface area contributed by atoms with Crippen molar-refractivity contribution in [2.24, 2.45) is 5.10 Å². The Labute approximate surface area is 183 Å². The third-order valence-corrected chi connectivity index (χ3v) is 5.00. The van der Waals surface area contributed by atoms with Crippen molar-refractivity contribution < 1.29 is 9.21 Å². The van der Waals surface area contributed by atoms with E-state index >= 15 is 0 Å². The molecule has 0 aliphatic rings. The molecular weight excluding hydrogens is 421 g/mol. The summed E-state index contributed by atoms with van der Waals surface area (Å²) in [7, 11) is 0. The van der Waals surface area contributed by atoms with Crippen LogP contribution in [0.15, 0.2) is 82.3 Å². The van der Waals surface area contributed by atoms with Crippen LogP contribution in [0.4, 0.5) is 5.69 Å². The Hall–Kier alpha value is -3.28. The van der Waals surface area contributed by atoms with Crippen molar-refractivity contribution in [2.75, 3.05) is 11.9 Å². The van der Waals surface area contributed by atoms with Crippen molar-refractivity contribution in [1.82, 2.24) is 5.43 Å². The normalized spacial score (nSPS) is 11.1. The quantitative estimate of drug-likeness (QED) is 0.288. The summed E-state index contributed by atoms with van der Waals surface area (Å²) in [6, 6.07) is 22.5. The van der Waals surface area contributed by atoms with Gasteiger partial charge >= 0.3 is 0 Å². The number of halogens is 2. The van der Waals surface area contributed by atoms with Gasteiger partial charge in [-0.15, -0.1) is 0 Å². The standard InChI is InChI=1S/C23H17Cl2N3O2/c24-16-8-10-20(25)19(12-16)22-11-9-17(30-22)13-27-28-23(29)14-26-21-7-3-5-15-4-1-2-6-18(15)21/h1-13,26H,14H2,(H,28,29)/b27-13+. The number of fused-ring (bicyclic) bond motifs is 1. The maximum Gasteiger partial charge on any atom is 0.259 e. The summed E-state index contributed by atoms with van der Waals surface area (Å²) < 4.78 is 5.71. The number of furan rings is 1. The van der Waals surface area contributed by atoms with Crippen LogP contribution in [0.5, 0.6) is 0 Å². The first-order chi connectivity index (χ1) is 14.6. The van der Waals surface area contributed by atoms with Gasteiger partial charge in [0.1, 0.15) is 11.5 Å². The van der Waals surface area contributed by atoms with Crippen LogP contribution in [-0.2, 0) is 4.79 Å². The Kier molecular flexibility index (Phi) is 6.02. The lowest BCUT2D eigenvalue weighted by Crippen LogP contribution is -2.25. The van der Waals surface area contributed by atoms with Crippen molar-refractivity contribution in [2.45, 2.75) is 0 Å². The summed E-state index contributed by atoms with van der Waals surface area (Å²) in [5.74, 6) is 0.764. The maximum atomic E-state index is 12.1. The highest BCUT2D eigenvalue weighted by molar-refractivity contribution is 6.35. The number of hydrazone groups is 1. The second kappa shape index (κ2) is 9.03. The highest BCUT2D eigenvalue weighted by Crippen LogP contribution is 2.31. The van der Waals surface area contributed by atoms with Crippen molar-refractivity contribution >= 4 is 51.8 Å². The average Bonchev–Trinajstić information content (AvgIpc) is 3.22. The molecule has 1 amide bonds. The van der Waals surface area contributed by atoms with Gasteiger partial charge < -0.3 is 9.73 Å². The monoisotopic (exact) mass is 437 g/mol. The van der Waals surface area contributed by atoms with Crippen LogP contribution in [0.3, 0.4) is 0 Å². The van der Waals surface area contributed by atoms with Crippen LogP contribution in [0.2, 0.25) is 10.0 Å². The molecule has 150 valence electrons. The van der Waals surface area contributed by atoms with Crippen molar-refractivity contribution in [1.29, 1.82) is 0 Å². The molecule has 4 rings (SSSR count). The zero-order valence-electron chi connectivity index (χ0n) is 15.7. The Morgan fingerprint density at radius 3 is 2.73 bits per heavy atom. The fraction of sp³-hybridized carbons (Fsp3) is 0.0435. The van der Waals surface area contributed by atoms with Gasteiger partial charge in [0, 0.05) is 21.7 Å². The zero-order chi connectivity index (χ0) is 20.9. The molecule has 0 saturated heterocycles. The van der Waals surface area contributed by atoms with E-state index in [0.717, 1.165) is 16.5 Å². The average molecular weight is 438 g/mol. The highest BCUT2D eigenvalue weighted by Gasteiger charge is 2.09. The first kappa shape index (κ1) is 20.0. The van der Waals surface area contributed by atoms with Gasteiger partial charge in [-0.1, -0.05) is 59.6 Å².